The van der Waals surface area contributed by atoms with E-state index in [1.165, 1.54) is 24.8 Å². The lowest BCUT2D eigenvalue weighted by Crippen LogP contribution is -2.35. The van der Waals surface area contributed by atoms with Crippen molar-refractivity contribution in [3.63, 3.8) is 0 Å². The summed E-state index contributed by atoms with van der Waals surface area (Å²) in [5, 5.41) is 0. The van der Waals surface area contributed by atoms with Crippen molar-refractivity contribution in [3.8, 4) is 0 Å². The van der Waals surface area contributed by atoms with Gasteiger partial charge in [0.05, 0.1) is 0 Å². The zero-order chi connectivity index (χ0) is 11.5. The topological polar surface area (TPSA) is 18.5 Å². The molecule has 1 saturated carbocycles. The van der Waals surface area contributed by atoms with Crippen molar-refractivity contribution in [2.45, 2.75) is 37.4 Å². The molecule has 0 bridgehead atoms. The molecule has 2 atom stereocenters. The molecule has 0 unspecified atom stereocenters. The van der Waals surface area contributed by atoms with Gasteiger partial charge >= 0.3 is 7.12 Å². The molecule has 0 N–H and O–H groups in total. The molecule has 0 amide bonds. The summed E-state index contributed by atoms with van der Waals surface area (Å²) >= 11 is 0. The van der Waals surface area contributed by atoms with Crippen LogP contribution in [0.3, 0.4) is 0 Å². The van der Waals surface area contributed by atoms with Crippen molar-refractivity contribution in [2.75, 3.05) is 13.2 Å². The first-order valence-corrected chi connectivity index (χ1v) is 6.73. The van der Waals surface area contributed by atoms with Gasteiger partial charge in [0.25, 0.3) is 0 Å². The SMILES string of the molecule is c1ccc([C@@H]2CCC[C@H]2B2OCCCO2)cc1. The van der Waals surface area contributed by atoms with Gasteiger partial charge in [-0.25, -0.2) is 0 Å². The fraction of sp³-hybridized carbons (Fsp3) is 0.571. The second-order valence-corrected chi connectivity index (χ2v) is 5.08. The molecule has 2 fully saturated rings. The standard InChI is InChI=1S/C14H19BO2/c1-2-6-12(7-3-1)13-8-4-9-14(13)15-16-10-5-11-17-15/h1-3,6-7,13-14H,4-5,8-11H2/t13-,14+/m0/s1. The Morgan fingerprint density at radius 2 is 1.71 bits per heavy atom. The summed E-state index contributed by atoms with van der Waals surface area (Å²) in [6.07, 6.45) is 4.86. The number of hydrogen-bond donors (Lipinski definition) is 0. The van der Waals surface area contributed by atoms with E-state index < -0.39 is 0 Å². The van der Waals surface area contributed by atoms with E-state index in [-0.39, 0.29) is 7.12 Å². The molecule has 1 aromatic carbocycles. The van der Waals surface area contributed by atoms with Gasteiger partial charge in [-0.2, -0.15) is 0 Å². The molecule has 0 radical (unpaired) electrons. The molecule has 1 saturated heterocycles. The second kappa shape index (κ2) is 5.24. The van der Waals surface area contributed by atoms with Gasteiger partial charge in [-0.3, -0.25) is 0 Å². The molecule has 3 heteroatoms. The normalized spacial score (nSPS) is 29.5. The van der Waals surface area contributed by atoms with Crippen LogP contribution in [0.15, 0.2) is 30.3 Å². The van der Waals surface area contributed by atoms with Crippen LogP contribution in [-0.4, -0.2) is 20.3 Å². The van der Waals surface area contributed by atoms with Crippen molar-refractivity contribution in [1.29, 1.82) is 0 Å². The molecule has 0 aromatic heterocycles. The third kappa shape index (κ3) is 2.40. The average Bonchev–Trinajstić information content (AvgIpc) is 2.90. The molecule has 1 heterocycles. The van der Waals surface area contributed by atoms with Gasteiger partial charge in [0.15, 0.2) is 0 Å². The van der Waals surface area contributed by atoms with Gasteiger partial charge in [-0.15, -0.1) is 0 Å². The van der Waals surface area contributed by atoms with Crippen LogP contribution in [0.2, 0.25) is 5.82 Å². The molecule has 90 valence electrons. The number of hydrogen-bond acceptors (Lipinski definition) is 2. The lowest BCUT2D eigenvalue weighted by Gasteiger charge is -2.28. The van der Waals surface area contributed by atoms with Gasteiger partial charge in [-0.1, -0.05) is 43.2 Å². The third-order valence-corrected chi connectivity index (χ3v) is 4.00. The van der Waals surface area contributed by atoms with E-state index in [1.807, 2.05) is 0 Å². The molecule has 1 aliphatic carbocycles. The Kier molecular flexibility index (Phi) is 3.48. The summed E-state index contributed by atoms with van der Waals surface area (Å²) < 4.78 is 11.6. The van der Waals surface area contributed by atoms with Crippen molar-refractivity contribution in [2.24, 2.45) is 0 Å². The zero-order valence-corrected chi connectivity index (χ0v) is 10.2. The summed E-state index contributed by atoms with van der Waals surface area (Å²) in [4.78, 5) is 0. The predicted octanol–water partition coefficient (Wildman–Crippen LogP) is 3.25. The van der Waals surface area contributed by atoms with Crippen LogP contribution in [0.1, 0.15) is 37.2 Å². The van der Waals surface area contributed by atoms with E-state index in [9.17, 15) is 0 Å². The minimum Gasteiger partial charge on any atom is -0.411 e. The highest BCUT2D eigenvalue weighted by atomic mass is 16.6. The fourth-order valence-corrected chi connectivity index (χ4v) is 3.18. The van der Waals surface area contributed by atoms with Crippen molar-refractivity contribution in [3.05, 3.63) is 35.9 Å². The van der Waals surface area contributed by atoms with Gasteiger partial charge in [0, 0.05) is 19.0 Å². The van der Waals surface area contributed by atoms with E-state index in [0.717, 1.165) is 19.6 Å². The maximum absolute atomic E-state index is 5.79. The van der Waals surface area contributed by atoms with Crippen molar-refractivity contribution >= 4 is 7.12 Å². The molecule has 1 aliphatic heterocycles. The van der Waals surface area contributed by atoms with Crippen LogP contribution in [0, 0.1) is 0 Å². The molecular formula is C14H19BO2. The lowest BCUT2D eigenvalue weighted by atomic mass is 9.64. The highest BCUT2D eigenvalue weighted by Crippen LogP contribution is 2.46. The molecule has 2 aliphatic rings. The Balaban J connectivity index is 1.75. The highest BCUT2D eigenvalue weighted by molar-refractivity contribution is 6.47. The van der Waals surface area contributed by atoms with Gasteiger partial charge in [0.2, 0.25) is 0 Å². The summed E-state index contributed by atoms with van der Waals surface area (Å²) in [6, 6.07) is 10.8. The maximum Gasteiger partial charge on any atom is 0.460 e. The van der Waals surface area contributed by atoms with Crippen LogP contribution >= 0.6 is 0 Å². The van der Waals surface area contributed by atoms with Gasteiger partial charge in [0.1, 0.15) is 0 Å². The van der Waals surface area contributed by atoms with E-state index in [4.69, 9.17) is 9.31 Å². The Morgan fingerprint density at radius 1 is 0.941 bits per heavy atom. The van der Waals surface area contributed by atoms with E-state index in [1.54, 1.807) is 0 Å². The highest BCUT2D eigenvalue weighted by Gasteiger charge is 2.41. The summed E-state index contributed by atoms with van der Waals surface area (Å²) in [5.41, 5.74) is 1.45. The van der Waals surface area contributed by atoms with Gasteiger partial charge in [-0.05, 0) is 24.3 Å². The number of rotatable bonds is 2. The van der Waals surface area contributed by atoms with E-state index in [2.05, 4.69) is 30.3 Å². The molecule has 1 aromatic rings. The Labute approximate surface area is 103 Å². The molecule has 0 spiro atoms. The average molecular weight is 230 g/mol. The van der Waals surface area contributed by atoms with Crippen LogP contribution < -0.4 is 0 Å². The summed E-state index contributed by atoms with van der Waals surface area (Å²) in [5.74, 6) is 1.18. The first-order valence-electron chi connectivity index (χ1n) is 6.73. The Bertz CT molecular complexity index is 348. The fourth-order valence-electron chi connectivity index (χ4n) is 3.18. The molecular weight excluding hydrogens is 211 g/mol. The Hall–Kier alpha value is -0.795. The minimum atomic E-state index is 0.0384. The summed E-state index contributed by atoms with van der Waals surface area (Å²) in [7, 11) is 0.0384. The minimum absolute atomic E-state index is 0.0384. The van der Waals surface area contributed by atoms with Crippen LogP contribution in [0.25, 0.3) is 0 Å². The van der Waals surface area contributed by atoms with E-state index >= 15 is 0 Å². The smallest absolute Gasteiger partial charge is 0.411 e. The zero-order valence-electron chi connectivity index (χ0n) is 10.2. The predicted molar refractivity (Wildman–Crippen MR) is 69.1 cm³/mol. The largest absolute Gasteiger partial charge is 0.460 e. The first kappa shape index (κ1) is 11.3. The maximum atomic E-state index is 5.79. The van der Waals surface area contributed by atoms with Crippen molar-refractivity contribution in [1.82, 2.24) is 0 Å². The second-order valence-electron chi connectivity index (χ2n) is 5.08. The Morgan fingerprint density at radius 3 is 2.47 bits per heavy atom. The molecule has 3 rings (SSSR count). The molecule has 2 nitrogen and oxygen atoms in total. The first-order chi connectivity index (χ1) is 8.45. The lowest BCUT2D eigenvalue weighted by molar-refractivity contribution is 0.125. The van der Waals surface area contributed by atoms with Gasteiger partial charge < -0.3 is 9.31 Å². The van der Waals surface area contributed by atoms with Crippen molar-refractivity contribution < 1.29 is 9.31 Å². The quantitative estimate of drug-likeness (QED) is 0.726. The van der Waals surface area contributed by atoms with Crippen LogP contribution in [0.5, 0.6) is 0 Å². The van der Waals surface area contributed by atoms with E-state index in [0.29, 0.717) is 11.7 Å². The third-order valence-electron chi connectivity index (χ3n) is 4.00. The summed E-state index contributed by atoms with van der Waals surface area (Å²) in [6.45, 7) is 1.73. The van der Waals surface area contributed by atoms with Crippen LogP contribution in [0.4, 0.5) is 0 Å². The molecule has 17 heavy (non-hydrogen) atoms. The monoisotopic (exact) mass is 230 g/mol. The van der Waals surface area contributed by atoms with Crippen LogP contribution in [-0.2, 0) is 9.31 Å². The number of benzene rings is 1.